The summed E-state index contributed by atoms with van der Waals surface area (Å²) in [6.07, 6.45) is 1.93. The predicted octanol–water partition coefficient (Wildman–Crippen LogP) is 1.25. The Morgan fingerprint density at radius 2 is 2.15 bits per heavy atom. The predicted molar refractivity (Wildman–Crippen MR) is 74.0 cm³/mol. The highest BCUT2D eigenvalue weighted by molar-refractivity contribution is 5.93. The fourth-order valence-electron chi connectivity index (χ4n) is 2.23. The summed E-state index contributed by atoms with van der Waals surface area (Å²) in [5, 5.41) is 11.2. The number of carboxylic acid groups (broad SMARTS) is 1. The summed E-state index contributed by atoms with van der Waals surface area (Å²) in [6.45, 7) is 0.833. The van der Waals surface area contributed by atoms with Crippen LogP contribution in [0.5, 0.6) is 0 Å². The molecule has 6 nitrogen and oxygen atoms in total. The van der Waals surface area contributed by atoms with E-state index in [0.717, 1.165) is 18.5 Å². The smallest absolute Gasteiger partial charge is 0.329 e. The third-order valence-electron chi connectivity index (χ3n) is 3.10. The average molecular weight is 278 g/mol. The van der Waals surface area contributed by atoms with Crippen LogP contribution in [0.3, 0.4) is 0 Å². The van der Waals surface area contributed by atoms with E-state index in [9.17, 15) is 9.59 Å². The Balaban J connectivity index is 1.83. The Kier molecular flexibility index (Phi) is 4.95. The Morgan fingerprint density at radius 1 is 1.35 bits per heavy atom. The number of nitrogens with one attached hydrogen (secondary N) is 1. The lowest BCUT2D eigenvalue weighted by atomic mass is 10.0. The quantitative estimate of drug-likeness (QED) is 0.794. The second kappa shape index (κ2) is 6.91. The number of hydrogen-bond acceptors (Lipinski definition) is 3. The van der Waals surface area contributed by atoms with Gasteiger partial charge in [0.25, 0.3) is 0 Å². The Bertz CT molecular complexity index is 490. The highest BCUT2D eigenvalue weighted by atomic mass is 16.5. The number of fused-ring (bicyclic) bond motifs is 1. The number of benzene rings is 1. The second-order valence-corrected chi connectivity index (χ2v) is 4.56. The normalized spacial score (nSPS) is 13.7. The lowest BCUT2D eigenvalue weighted by molar-refractivity contribution is -0.142. The number of amides is 2. The van der Waals surface area contributed by atoms with Gasteiger partial charge in [0.2, 0.25) is 0 Å². The van der Waals surface area contributed by atoms with Gasteiger partial charge in [-0.1, -0.05) is 18.2 Å². The molecule has 1 aromatic rings. The van der Waals surface area contributed by atoms with E-state index in [0.29, 0.717) is 13.1 Å². The van der Waals surface area contributed by atoms with Crippen molar-refractivity contribution in [3.8, 4) is 0 Å². The van der Waals surface area contributed by atoms with Crippen molar-refractivity contribution in [1.29, 1.82) is 0 Å². The zero-order chi connectivity index (χ0) is 14.4. The van der Waals surface area contributed by atoms with E-state index >= 15 is 0 Å². The molecule has 2 rings (SSSR count). The first-order valence-electron chi connectivity index (χ1n) is 6.61. The number of carbonyl (C=O) groups is 2. The first-order chi connectivity index (χ1) is 9.68. The molecule has 1 aromatic carbocycles. The number of carbonyl (C=O) groups excluding carboxylic acids is 1. The fraction of sp³-hybridized carbons (Fsp3) is 0.429. The molecule has 2 amide bonds. The highest BCUT2D eigenvalue weighted by Crippen LogP contribution is 2.26. The number of urea groups is 1. The van der Waals surface area contributed by atoms with Crippen molar-refractivity contribution in [2.45, 2.75) is 12.8 Å². The highest BCUT2D eigenvalue weighted by Gasteiger charge is 2.21. The summed E-state index contributed by atoms with van der Waals surface area (Å²) < 4.78 is 4.87. The number of aryl methyl sites for hydroxylation is 1. The van der Waals surface area contributed by atoms with E-state index in [2.05, 4.69) is 5.32 Å². The minimum absolute atomic E-state index is 0.170. The van der Waals surface area contributed by atoms with E-state index in [1.54, 1.807) is 4.90 Å². The van der Waals surface area contributed by atoms with Crippen LogP contribution in [0.2, 0.25) is 0 Å². The molecule has 6 heteroatoms. The van der Waals surface area contributed by atoms with Gasteiger partial charge in [0.05, 0.1) is 6.61 Å². The molecule has 0 aliphatic carbocycles. The molecule has 20 heavy (non-hydrogen) atoms. The molecule has 2 N–H and O–H groups in total. The first-order valence-corrected chi connectivity index (χ1v) is 6.61. The van der Waals surface area contributed by atoms with Gasteiger partial charge in [0.1, 0.15) is 6.61 Å². The van der Waals surface area contributed by atoms with E-state index in [1.807, 2.05) is 24.3 Å². The van der Waals surface area contributed by atoms with E-state index < -0.39 is 5.97 Å². The van der Waals surface area contributed by atoms with Crippen molar-refractivity contribution < 1.29 is 19.4 Å². The average Bonchev–Trinajstić information content (AvgIpc) is 2.45. The van der Waals surface area contributed by atoms with Crippen LogP contribution in [0.25, 0.3) is 0 Å². The van der Waals surface area contributed by atoms with Gasteiger partial charge >= 0.3 is 12.0 Å². The second-order valence-electron chi connectivity index (χ2n) is 4.56. The van der Waals surface area contributed by atoms with E-state index in [1.165, 1.54) is 5.56 Å². The van der Waals surface area contributed by atoms with Gasteiger partial charge < -0.3 is 15.2 Å². The summed E-state index contributed by atoms with van der Waals surface area (Å²) in [7, 11) is 0. The molecule has 108 valence electrons. The number of carboxylic acids is 1. The maximum atomic E-state index is 12.1. The molecular weight excluding hydrogens is 260 g/mol. The summed E-state index contributed by atoms with van der Waals surface area (Å²) >= 11 is 0. The van der Waals surface area contributed by atoms with Crippen molar-refractivity contribution in [3.05, 3.63) is 29.8 Å². The maximum Gasteiger partial charge on any atom is 0.329 e. The molecule has 0 aromatic heterocycles. The fourth-order valence-corrected chi connectivity index (χ4v) is 2.23. The van der Waals surface area contributed by atoms with E-state index in [4.69, 9.17) is 9.84 Å². The SMILES string of the molecule is O=C(O)COCCNC(=O)N1CCCc2ccccc21. The lowest BCUT2D eigenvalue weighted by Gasteiger charge is -2.29. The minimum atomic E-state index is -1.01. The third kappa shape index (κ3) is 3.71. The van der Waals surface area contributed by atoms with Crippen LogP contribution in [-0.2, 0) is 16.0 Å². The van der Waals surface area contributed by atoms with Crippen molar-refractivity contribution in [1.82, 2.24) is 5.32 Å². The number of rotatable bonds is 5. The largest absolute Gasteiger partial charge is 0.480 e. The zero-order valence-electron chi connectivity index (χ0n) is 11.2. The molecule has 1 aliphatic rings. The topological polar surface area (TPSA) is 78.9 Å². The first kappa shape index (κ1) is 14.3. The molecule has 0 saturated heterocycles. The molecule has 1 heterocycles. The maximum absolute atomic E-state index is 12.1. The van der Waals surface area contributed by atoms with Crippen LogP contribution in [0.15, 0.2) is 24.3 Å². The van der Waals surface area contributed by atoms with Crippen LogP contribution in [0, 0.1) is 0 Å². The molecule has 0 atom stereocenters. The molecule has 0 saturated carbocycles. The van der Waals surface area contributed by atoms with Crippen molar-refractivity contribution in [3.63, 3.8) is 0 Å². The number of nitrogens with zero attached hydrogens (tertiary/aromatic N) is 1. The molecule has 0 spiro atoms. The van der Waals surface area contributed by atoms with Gasteiger partial charge in [-0.2, -0.15) is 0 Å². The van der Waals surface area contributed by atoms with Crippen LogP contribution < -0.4 is 10.2 Å². The van der Waals surface area contributed by atoms with Crippen LogP contribution >= 0.6 is 0 Å². The van der Waals surface area contributed by atoms with Gasteiger partial charge in [-0.3, -0.25) is 4.90 Å². The number of aliphatic carboxylic acids is 1. The third-order valence-corrected chi connectivity index (χ3v) is 3.10. The van der Waals surface area contributed by atoms with Gasteiger partial charge in [0, 0.05) is 18.8 Å². The van der Waals surface area contributed by atoms with Crippen molar-refractivity contribution in [2.24, 2.45) is 0 Å². The summed E-state index contributed by atoms with van der Waals surface area (Å²) in [6, 6.07) is 7.69. The van der Waals surface area contributed by atoms with E-state index in [-0.39, 0.29) is 19.2 Å². The Hall–Kier alpha value is -2.08. The van der Waals surface area contributed by atoms with Crippen LogP contribution in [-0.4, -0.2) is 43.4 Å². The molecule has 0 radical (unpaired) electrons. The van der Waals surface area contributed by atoms with Gasteiger partial charge in [-0.15, -0.1) is 0 Å². The summed E-state index contributed by atoms with van der Waals surface area (Å²) in [5.41, 5.74) is 2.12. The van der Waals surface area contributed by atoms with Gasteiger partial charge in [0.15, 0.2) is 0 Å². The number of ether oxygens (including phenoxy) is 1. The molecule has 0 fully saturated rings. The van der Waals surface area contributed by atoms with Crippen LogP contribution in [0.1, 0.15) is 12.0 Å². The molecule has 0 unspecified atom stereocenters. The number of hydrogen-bond donors (Lipinski definition) is 2. The standard InChI is InChI=1S/C14H18N2O4/c17-13(18)10-20-9-7-15-14(19)16-8-3-5-11-4-1-2-6-12(11)16/h1-2,4,6H,3,5,7-10H2,(H,15,19)(H,17,18). The van der Waals surface area contributed by atoms with Crippen molar-refractivity contribution in [2.75, 3.05) is 31.2 Å². The number of anilines is 1. The number of para-hydroxylation sites is 1. The van der Waals surface area contributed by atoms with Crippen molar-refractivity contribution >= 4 is 17.7 Å². The Morgan fingerprint density at radius 3 is 2.95 bits per heavy atom. The molecular formula is C14H18N2O4. The minimum Gasteiger partial charge on any atom is -0.480 e. The van der Waals surface area contributed by atoms with Crippen LogP contribution in [0.4, 0.5) is 10.5 Å². The summed E-state index contributed by atoms with van der Waals surface area (Å²) in [5.74, 6) is -1.01. The monoisotopic (exact) mass is 278 g/mol. The molecule has 1 aliphatic heterocycles. The lowest BCUT2D eigenvalue weighted by Crippen LogP contribution is -2.43. The van der Waals surface area contributed by atoms with Gasteiger partial charge in [-0.25, -0.2) is 9.59 Å². The molecule has 0 bridgehead atoms. The summed E-state index contributed by atoms with van der Waals surface area (Å²) in [4.78, 5) is 24.1. The zero-order valence-corrected chi connectivity index (χ0v) is 11.2. The van der Waals surface area contributed by atoms with Gasteiger partial charge in [-0.05, 0) is 24.5 Å². The Labute approximate surface area is 117 Å².